The molecule has 2 aromatic carbocycles. The van der Waals surface area contributed by atoms with Gasteiger partial charge in [-0.2, -0.15) is 9.97 Å². The van der Waals surface area contributed by atoms with Crippen molar-refractivity contribution < 1.29 is 22.3 Å². The second kappa shape index (κ2) is 12.0. The monoisotopic (exact) mass is 656 g/mol. The van der Waals surface area contributed by atoms with E-state index in [0.717, 1.165) is 31.3 Å². The quantitative estimate of drug-likeness (QED) is 0.130. The van der Waals surface area contributed by atoms with E-state index in [1.165, 1.54) is 6.07 Å². The molecule has 0 unspecified atom stereocenters. The lowest BCUT2D eigenvalue weighted by atomic mass is 9.93. The van der Waals surface area contributed by atoms with Crippen LogP contribution >= 0.6 is 0 Å². The van der Waals surface area contributed by atoms with Crippen molar-refractivity contribution in [3.05, 3.63) is 65.9 Å². The molecular weight excluding hydrogens is 620 g/mol. The number of hydrogen-bond donors (Lipinski definition) is 1. The Bertz CT molecular complexity index is 1970. The van der Waals surface area contributed by atoms with Crippen LogP contribution in [0, 0.1) is 24.0 Å². The van der Waals surface area contributed by atoms with Gasteiger partial charge in [0.2, 0.25) is 6.43 Å². The van der Waals surface area contributed by atoms with Gasteiger partial charge in [-0.3, -0.25) is 9.88 Å². The Balaban J connectivity index is 1.21. The first kappa shape index (κ1) is 31.0. The summed E-state index contributed by atoms with van der Waals surface area (Å²) in [5, 5.41) is 5.15. The summed E-state index contributed by atoms with van der Waals surface area (Å²) >= 11 is 0. The molecule has 4 fully saturated rings. The lowest BCUT2D eigenvalue weighted by Crippen LogP contribution is -2.51. The Labute approximate surface area is 276 Å². The number of ether oxygens (including phenoxy) is 1. The highest BCUT2D eigenvalue weighted by Crippen LogP contribution is 2.46. The zero-order valence-electron chi connectivity index (χ0n) is 26.5. The Morgan fingerprint density at radius 3 is 2.69 bits per heavy atom. The molecule has 4 aliphatic heterocycles. The van der Waals surface area contributed by atoms with Crippen molar-refractivity contribution in [2.24, 2.45) is 0 Å². The zero-order chi connectivity index (χ0) is 33.2. The Morgan fingerprint density at radius 1 is 1.10 bits per heavy atom. The number of hydrogen-bond acceptors (Lipinski definition) is 7. The maximum atomic E-state index is 16.9. The molecule has 4 saturated heterocycles. The first-order valence-corrected chi connectivity index (χ1v) is 16.6. The number of nitrogens with zero attached hydrogens (tertiary/aromatic N) is 5. The molecule has 4 atom stereocenters. The van der Waals surface area contributed by atoms with E-state index < -0.39 is 23.6 Å². The number of benzene rings is 2. The summed E-state index contributed by atoms with van der Waals surface area (Å²) in [6.07, 6.45) is 9.59. The summed E-state index contributed by atoms with van der Waals surface area (Å²) in [5.74, 6) is 1.73. The lowest BCUT2D eigenvalue weighted by molar-refractivity contribution is 0.0705. The third kappa shape index (κ3) is 5.26. The van der Waals surface area contributed by atoms with Crippen molar-refractivity contribution in [1.29, 1.82) is 0 Å². The van der Waals surface area contributed by atoms with E-state index in [4.69, 9.17) is 16.1 Å². The lowest BCUT2D eigenvalue weighted by Gasteiger charge is -2.35. The molecule has 0 aliphatic carbocycles. The van der Waals surface area contributed by atoms with Crippen molar-refractivity contribution in [2.45, 2.75) is 75.0 Å². The van der Waals surface area contributed by atoms with Gasteiger partial charge in [-0.1, -0.05) is 42.3 Å². The number of halogens is 4. The average molecular weight is 657 g/mol. The fourth-order valence-electron chi connectivity index (χ4n) is 8.57. The van der Waals surface area contributed by atoms with Gasteiger partial charge in [-0.15, -0.1) is 6.42 Å². The number of fused-ring (bicyclic) bond motifs is 5. The molecule has 0 radical (unpaired) electrons. The van der Waals surface area contributed by atoms with Crippen LogP contribution in [0.25, 0.3) is 32.9 Å². The zero-order valence-corrected chi connectivity index (χ0v) is 26.5. The number of anilines is 1. The number of nitrogens with one attached hydrogen (secondary N) is 1. The fourth-order valence-corrected chi connectivity index (χ4v) is 8.57. The molecule has 0 amide bonds. The van der Waals surface area contributed by atoms with Crippen LogP contribution in [0.2, 0.25) is 0 Å². The van der Waals surface area contributed by atoms with E-state index in [1.54, 1.807) is 30.5 Å². The highest BCUT2D eigenvalue weighted by atomic mass is 19.3. The van der Waals surface area contributed by atoms with Gasteiger partial charge in [0.1, 0.15) is 29.5 Å². The fraction of sp³-hybridized carbons (Fsp3) is 0.432. The number of piperazine rings is 1. The van der Waals surface area contributed by atoms with Gasteiger partial charge in [0.25, 0.3) is 0 Å². The first-order chi connectivity index (χ1) is 23.2. The number of rotatable bonds is 8. The Kier molecular flexibility index (Phi) is 7.76. The summed E-state index contributed by atoms with van der Waals surface area (Å²) in [7, 11) is 0. The summed E-state index contributed by atoms with van der Waals surface area (Å²) in [6, 6.07) is 8.80. The van der Waals surface area contributed by atoms with Gasteiger partial charge in [-0.25, -0.2) is 17.6 Å². The van der Waals surface area contributed by atoms with Gasteiger partial charge in [-0.05, 0) is 50.0 Å². The van der Waals surface area contributed by atoms with Crippen LogP contribution in [0.5, 0.6) is 6.01 Å². The van der Waals surface area contributed by atoms with Gasteiger partial charge in [0.15, 0.2) is 5.82 Å². The molecule has 248 valence electrons. The minimum atomic E-state index is -2.34. The van der Waals surface area contributed by atoms with E-state index in [0.29, 0.717) is 72.1 Å². The largest absolute Gasteiger partial charge is 0.461 e. The van der Waals surface area contributed by atoms with Crippen molar-refractivity contribution in [1.82, 2.24) is 25.2 Å². The summed E-state index contributed by atoms with van der Waals surface area (Å²) < 4.78 is 64.3. The van der Waals surface area contributed by atoms with Crippen molar-refractivity contribution in [3.63, 3.8) is 0 Å². The minimum Gasteiger partial charge on any atom is -0.461 e. The maximum Gasteiger partial charge on any atom is 0.319 e. The van der Waals surface area contributed by atoms with Gasteiger partial charge in [0, 0.05) is 61.3 Å². The van der Waals surface area contributed by atoms with Crippen molar-refractivity contribution in [2.75, 3.05) is 31.1 Å². The predicted molar refractivity (Wildman–Crippen MR) is 177 cm³/mol. The average Bonchev–Trinajstić information content (AvgIpc) is 3.71. The smallest absolute Gasteiger partial charge is 0.319 e. The molecule has 7 nitrogen and oxygen atoms in total. The van der Waals surface area contributed by atoms with Gasteiger partial charge in [0.05, 0.1) is 16.5 Å². The molecule has 6 heterocycles. The number of alkyl halides is 2. The van der Waals surface area contributed by atoms with Crippen LogP contribution in [0.1, 0.15) is 50.5 Å². The van der Waals surface area contributed by atoms with Crippen molar-refractivity contribution >= 4 is 27.5 Å². The molecule has 0 saturated carbocycles. The predicted octanol–water partition coefficient (Wildman–Crippen LogP) is 6.63. The summed E-state index contributed by atoms with van der Waals surface area (Å²) in [5.41, 5.74) is 1.09. The van der Waals surface area contributed by atoms with E-state index in [1.807, 2.05) is 0 Å². The van der Waals surface area contributed by atoms with Crippen LogP contribution in [0.4, 0.5) is 23.4 Å². The van der Waals surface area contributed by atoms with Crippen LogP contribution < -0.4 is 15.0 Å². The third-order valence-corrected chi connectivity index (χ3v) is 10.7. The molecule has 8 rings (SSSR count). The topological polar surface area (TPSA) is 66.4 Å². The third-order valence-electron chi connectivity index (χ3n) is 10.7. The molecule has 0 spiro atoms. The van der Waals surface area contributed by atoms with Crippen LogP contribution in [0.15, 0.2) is 48.7 Å². The molecule has 2 bridgehead atoms. The van der Waals surface area contributed by atoms with Gasteiger partial charge < -0.3 is 15.0 Å². The van der Waals surface area contributed by atoms with Crippen LogP contribution in [-0.2, 0) is 0 Å². The molecule has 4 aliphatic rings. The molecule has 48 heavy (non-hydrogen) atoms. The second-order valence-electron chi connectivity index (χ2n) is 13.8. The molecule has 11 heteroatoms. The van der Waals surface area contributed by atoms with E-state index in [-0.39, 0.29) is 41.9 Å². The summed E-state index contributed by atoms with van der Waals surface area (Å²) in [4.78, 5) is 18.5. The minimum absolute atomic E-state index is 0.000654. The van der Waals surface area contributed by atoms with E-state index in [2.05, 4.69) is 37.6 Å². The highest BCUT2D eigenvalue weighted by molar-refractivity contribution is 6.02. The maximum absolute atomic E-state index is 16.9. The second-order valence-corrected chi connectivity index (χ2v) is 13.8. The number of aromatic nitrogens is 3. The van der Waals surface area contributed by atoms with Crippen LogP contribution in [-0.4, -0.2) is 76.2 Å². The highest BCUT2D eigenvalue weighted by Gasteiger charge is 2.51. The number of terminal acetylenes is 1. The molecule has 4 aromatic rings. The van der Waals surface area contributed by atoms with E-state index >= 15 is 4.39 Å². The van der Waals surface area contributed by atoms with Crippen molar-refractivity contribution in [3.8, 4) is 29.6 Å². The standard InChI is InChI=1S/C37H36F4N6O/c1-3-26-29(38)11-7-22-5-4-6-27(31(22)26)33-32(41)34-28(16-42-33)35(46-18-23-8-9-24(19-46)43-23)45-36(44-34)48-20-37-14-13-25(10-12-30(39)40)47(37)17-21(2)15-37/h1,4-7,11,16,23-25,30,43H,2,8-10,12-15,17-20H2/t23-,24+,25-,37+/m1/s1. The van der Waals surface area contributed by atoms with E-state index in [9.17, 15) is 13.2 Å². The number of pyridine rings is 1. The SMILES string of the molecule is C#Cc1c(F)ccc2cccc(-c3ncc4c(N5C[C@H]6CC[C@@H](C5)N6)nc(OC[C@@]56CC[C@@H](CCC(F)F)N5CC(=C)C6)nc4c3F)c12. The first-order valence-electron chi connectivity index (χ1n) is 16.6. The normalized spacial score (nSPS) is 25.4. The molecular formula is C37H36F4N6O. The Hall–Kier alpha value is -4.27. The van der Waals surface area contributed by atoms with Gasteiger partial charge >= 0.3 is 6.01 Å². The molecule has 2 aromatic heterocycles. The van der Waals surface area contributed by atoms with Crippen LogP contribution in [0.3, 0.4) is 0 Å². The molecule has 1 N–H and O–H groups in total. The summed E-state index contributed by atoms with van der Waals surface area (Å²) in [6.45, 7) is 6.47. The Morgan fingerprint density at radius 2 is 1.92 bits per heavy atom.